The SMILES string of the molecule is O=C(NCCc1ccccc1)c1cc(Cl)ccc1C1CCN(CCN2C(=O)COc3ccccc32)CC1. The van der Waals surface area contributed by atoms with E-state index >= 15 is 0 Å². The van der Waals surface area contributed by atoms with E-state index < -0.39 is 0 Å². The molecule has 2 amide bonds. The first-order valence-corrected chi connectivity index (χ1v) is 13.3. The summed E-state index contributed by atoms with van der Waals surface area (Å²) in [5, 5.41) is 3.65. The summed E-state index contributed by atoms with van der Waals surface area (Å²) in [4.78, 5) is 29.8. The molecule has 7 heteroatoms. The lowest BCUT2D eigenvalue weighted by Crippen LogP contribution is -2.45. The number of ether oxygens (including phenoxy) is 1. The highest BCUT2D eigenvalue weighted by Gasteiger charge is 2.28. The molecule has 0 radical (unpaired) electrons. The van der Waals surface area contributed by atoms with Crippen molar-refractivity contribution in [3.8, 4) is 5.75 Å². The summed E-state index contributed by atoms with van der Waals surface area (Å²) in [6.45, 7) is 3.95. The fourth-order valence-corrected chi connectivity index (χ4v) is 5.42. The number of nitrogens with one attached hydrogen (secondary N) is 1. The van der Waals surface area contributed by atoms with Crippen molar-refractivity contribution in [3.63, 3.8) is 0 Å². The highest BCUT2D eigenvalue weighted by atomic mass is 35.5. The number of anilines is 1. The lowest BCUT2D eigenvalue weighted by atomic mass is 9.86. The monoisotopic (exact) mass is 517 g/mol. The van der Waals surface area contributed by atoms with Gasteiger partial charge in [0.25, 0.3) is 11.8 Å². The van der Waals surface area contributed by atoms with Crippen molar-refractivity contribution in [2.24, 2.45) is 0 Å². The Hall–Kier alpha value is -3.35. The first kappa shape index (κ1) is 25.3. The van der Waals surface area contributed by atoms with E-state index in [1.54, 1.807) is 6.07 Å². The van der Waals surface area contributed by atoms with Gasteiger partial charge >= 0.3 is 0 Å². The topological polar surface area (TPSA) is 61.9 Å². The third-order valence-electron chi connectivity index (χ3n) is 7.28. The quantitative estimate of drug-likeness (QED) is 0.461. The molecule has 1 fully saturated rings. The Labute approximate surface area is 223 Å². The van der Waals surface area contributed by atoms with Crippen LogP contribution in [0.4, 0.5) is 5.69 Å². The number of para-hydroxylation sites is 2. The van der Waals surface area contributed by atoms with Crippen molar-refractivity contribution in [1.82, 2.24) is 10.2 Å². The molecule has 0 saturated carbocycles. The first-order valence-electron chi connectivity index (χ1n) is 12.9. The van der Waals surface area contributed by atoms with Gasteiger partial charge in [-0.15, -0.1) is 0 Å². The summed E-state index contributed by atoms with van der Waals surface area (Å²) in [5.74, 6) is 0.991. The maximum Gasteiger partial charge on any atom is 0.265 e. The van der Waals surface area contributed by atoms with Crippen LogP contribution in [0.15, 0.2) is 72.8 Å². The van der Waals surface area contributed by atoms with Gasteiger partial charge in [0.1, 0.15) is 5.75 Å². The maximum atomic E-state index is 13.1. The highest BCUT2D eigenvalue weighted by molar-refractivity contribution is 6.31. The number of amides is 2. The standard InChI is InChI=1S/C30H32ClN3O3/c31-24-10-11-25(26(20-24)30(36)32-15-12-22-6-2-1-3-7-22)23-13-16-33(17-14-23)18-19-34-27-8-4-5-9-28(27)37-21-29(34)35/h1-11,20,23H,12-19,21H2,(H,32,36). The van der Waals surface area contributed by atoms with Gasteiger partial charge in [0.15, 0.2) is 6.61 Å². The molecule has 5 rings (SSSR count). The fraction of sp³-hybridized carbons (Fsp3) is 0.333. The minimum Gasteiger partial charge on any atom is -0.482 e. The summed E-state index contributed by atoms with van der Waals surface area (Å²) in [7, 11) is 0. The Morgan fingerprint density at radius 1 is 0.973 bits per heavy atom. The van der Waals surface area contributed by atoms with E-state index in [1.165, 1.54) is 5.56 Å². The lowest BCUT2D eigenvalue weighted by molar-refractivity contribution is -0.121. The molecule has 0 bridgehead atoms. The number of carbonyl (C=O) groups excluding carboxylic acids is 2. The summed E-state index contributed by atoms with van der Waals surface area (Å²) in [5.41, 5.74) is 3.79. The molecule has 2 aliphatic heterocycles. The van der Waals surface area contributed by atoms with Crippen LogP contribution in [0.2, 0.25) is 5.02 Å². The number of halogens is 1. The van der Waals surface area contributed by atoms with Crippen LogP contribution in [0, 0.1) is 0 Å². The fourth-order valence-electron chi connectivity index (χ4n) is 5.25. The van der Waals surface area contributed by atoms with E-state index in [2.05, 4.69) is 22.3 Å². The van der Waals surface area contributed by atoms with Crippen LogP contribution in [0.3, 0.4) is 0 Å². The number of fused-ring (bicyclic) bond motifs is 1. The van der Waals surface area contributed by atoms with Crippen molar-refractivity contribution in [1.29, 1.82) is 0 Å². The number of rotatable bonds is 8. The Morgan fingerprint density at radius 2 is 1.73 bits per heavy atom. The van der Waals surface area contributed by atoms with E-state index in [1.807, 2.05) is 59.5 Å². The number of hydrogen-bond donors (Lipinski definition) is 1. The summed E-state index contributed by atoms with van der Waals surface area (Å²) in [6, 6.07) is 23.5. The minimum atomic E-state index is -0.0691. The third kappa shape index (κ3) is 6.14. The number of hydrogen-bond acceptors (Lipinski definition) is 4. The van der Waals surface area contributed by atoms with Gasteiger partial charge in [-0.25, -0.2) is 0 Å². The Morgan fingerprint density at radius 3 is 2.54 bits per heavy atom. The first-order chi connectivity index (χ1) is 18.1. The maximum absolute atomic E-state index is 13.1. The van der Waals surface area contributed by atoms with Crippen LogP contribution in [0.1, 0.15) is 40.2 Å². The zero-order chi connectivity index (χ0) is 25.6. The zero-order valence-electron chi connectivity index (χ0n) is 20.9. The van der Waals surface area contributed by atoms with Crippen molar-refractivity contribution >= 4 is 29.1 Å². The molecular weight excluding hydrogens is 486 g/mol. The molecule has 0 spiro atoms. The molecule has 1 N–H and O–H groups in total. The van der Waals surface area contributed by atoms with Gasteiger partial charge in [-0.05, 0) is 73.7 Å². The van der Waals surface area contributed by atoms with Gasteiger partial charge in [-0.2, -0.15) is 0 Å². The number of carbonyl (C=O) groups is 2. The molecule has 3 aromatic carbocycles. The average molecular weight is 518 g/mol. The summed E-state index contributed by atoms with van der Waals surface area (Å²) < 4.78 is 5.56. The van der Waals surface area contributed by atoms with E-state index in [9.17, 15) is 9.59 Å². The second-order valence-corrected chi connectivity index (χ2v) is 10.1. The van der Waals surface area contributed by atoms with Crippen LogP contribution in [0.5, 0.6) is 5.75 Å². The Balaban J connectivity index is 1.17. The van der Waals surface area contributed by atoms with Crippen molar-refractivity contribution in [2.45, 2.75) is 25.2 Å². The lowest BCUT2D eigenvalue weighted by Gasteiger charge is -2.35. The van der Waals surface area contributed by atoms with Gasteiger partial charge in [0, 0.05) is 30.2 Å². The van der Waals surface area contributed by atoms with E-state index in [0.717, 1.165) is 55.9 Å². The van der Waals surface area contributed by atoms with Crippen LogP contribution in [-0.4, -0.2) is 56.0 Å². The van der Waals surface area contributed by atoms with Crippen LogP contribution in [-0.2, 0) is 11.2 Å². The van der Waals surface area contributed by atoms with Gasteiger partial charge in [-0.3, -0.25) is 9.59 Å². The molecule has 3 aromatic rings. The van der Waals surface area contributed by atoms with Crippen molar-refractivity contribution in [2.75, 3.05) is 44.2 Å². The van der Waals surface area contributed by atoms with Crippen molar-refractivity contribution in [3.05, 3.63) is 94.5 Å². The van der Waals surface area contributed by atoms with E-state index in [-0.39, 0.29) is 18.4 Å². The van der Waals surface area contributed by atoms with E-state index in [4.69, 9.17) is 16.3 Å². The number of likely N-dealkylation sites (tertiary alicyclic amines) is 1. The predicted octanol–water partition coefficient (Wildman–Crippen LogP) is 4.92. The van der Waals surface area contributed by atoms with Crippen LogP contribution < -0.4 is 15.0 Å². The number of nitrogens with zero attached hydrogens (tertiary/aromatic N) is 2. The second kappa shape index (κ2) is 11.8. The number of piperidine rings is 1. The van der Waals surface area contributed by atoms with Crippen LogP contribution >= 0.6 is 11.6 Å². The van der Waals surface area contributed by atoms with E-state index in [0.29, 0.717) is 29.6 Å². The molecule has 1 saturated heterocycles. The van der Waals surface area contributed by atoms with Crippen LogP contribution in [0.25, 0.3) is 0 Å². The highest BCUT2D eigenvalue weighted by Crippen LogP contribution is 2.33. The zero-order valence-corrected chi connectivity index (χ0v) is 21.6. The third-order valence-corrected chi connectivity index (χ3v) is 7.51. The number of benzene rings is 3. The predicted molar refractivity (Wildman–Crippen MR) is 147 cm³/mol. The van der Waals surface area contributed by atoms with Gasteiger partial charge < -0.3 is 19.9 Å². The average Bonchev–Trinajstić information content (AvgIpc) is 2.93. The Bertz CT molecular complexity index is 1240. The molecule has 2 heterocycles. The minimum absolute atomic E-state index is 0.00216. The van der Waals surface area contributed by atoms with Gasteiger partial charge in [0.05, 0.1) is 5.69 Å². The smallest absolute Gasteiger partial charge is 0.265 e. The molecule has 6 nitrogen and oxygen atoms in total. The molecule has 0 atom stereocenters. The molecule has 37 heavy (non-hydrogen) atoms. The molecular formula is C30H32ClN3O3. The summed E-state index contributed by atoms with van der Waals surface area (Å²) >= 11 is 6.29. The Kier molecular flexibility index (Phi) is 8.07. The molecule has 0 aliphatic carbocycles. The van der Waals surface area contributed by atoms with Gasteiger partial charge in [-0.1, -0.05) is 60.1 Å². The largest absolute Gasteiger partial charge is 0.482 e. The molecule has 0 unspecified atom stereocenters. The van der Waals surface area contributed by atoms with Crippen molar-refractivity contribution < 1.29 is 14.3 Å². The molecule has 192 valence electrons. The normalized spacial score (nSPS) is 16.2. The molecule has 2 aliphatic rings. The second-order valence-electron chi connectivity index (χ2n) is 9.64. The van der Waals surface area contributed by atoms with Gasteiger partial charge in [0.2, 0.25) is 0 Å². The molecule has 0 aromatic heterocycles. The summed E-state index contributed by atoms with van der Waals surface area (Å²) in [6.07, 6.45) is 2.70.